The van der Waals surface area contributed by atoms with Crippen LogP contribution in [0.5, 0.6) is 5.75 Å². The number of halogens is 2. The summed E-state index contributed by atoms with van der Waals surface area (Å²) in [4.78, 5) is 22.5. The Kier molecular flexibility index (Phi) is 4.78. The highest BCUT2D eigenvalue weighted by atomic mass is 127. The molecular weight excluding hydrogens is 455 g/mol. The molecule has 8 heteroatoms. The van der Waals surface area contributed by atoms with Crippen LogP contribution in [0.25, 0.3) is 0 Å². The highest BCUT2D eigenvalue weighted by Gasteiger charge is 2.18. The third-order valence-corrected chi connectivity index (χ3v) is 4.03. The van der Waals surface area contributed by atoms with Crippen molar-refractivity contribution in [2.24, 2.45) is 0 Å². The van der Waals surface area contributed by atoms with Gasteiger partial charge in [-0.05, 0) is 52.9 Å². The van der Waals surface area contributed by atoms with E-state index in [1.807, 2.05) is 22.6 Å². The number of phenols is 1. The van der Waals surface area contributed by atoms with Crippen molar-refractivity contribution in [3.05, 3.63) is 60.1 Å². The molecule has 1 amide bonds. The zero-order chi connectivity index (χ0) is 15.6. The molecule has 0 bridgehead atoms. The smallest absolute Gasteiger partial charge is 0.296 e. The van der Waals surface area contributed by atoms with Gasteiger partial charge in [0.15, 0.2) is 0 Å². The van der Waals surface area contributed by atoms with E-state index in [0.29, 0.717) is 5.56 Å². The van der Waals surface area contributed by atoms with Gasteiger partial charge in [0.25, 0.3) is 11.6 Å². The molecule has 0 heterocycles. The Hall–Kier alpha value is -1.68. The summed E-state index contributed by atoms with van der Waals surface area (Å²) in [6.07, 6.45) is 0. The average Bonchev–Trinajstić information content (AvgIpc) is 2.43. The minimum atomic E-state index is -0.665. The number of phenolic OH excluding ortho intramolecular Hbond substituents is 1. The van der Waals surface area contributed by atoms with Gasteiger partial charge in [-0.25, -0.2) is 0 Å². The second-order valence-electron chi connectivity index (χ2n) is 4.04. The monoisotopic (exact) mass is 462 g/mol. The third-order valence-electron chi connectivity index (χ3n) is 2.60. The molecule has 6 nitrogen and oxygen atoms in total. The van der Waals surface area contributed by atoms with Crippen LogP contribution in [0.15, 0.2) is 40.9 Å². The minimum absolute atomic E-state index is 0.0265. The van der Waals surface area contributed by atoms with Crippen molar-refractivity contribution >= 4 is 55.8 Å². The molecule has 0 aliphatic rings. The van der Waals surface area contributed by atoms with E-state index in [4.69, 9.17) is 0 Å². The number of nitro groups is 1. The summed E-state index contributed by atoms with van der Waals surface area (Å²) in [5.41, 5.74) is 0.0549. The molecule has 0 saturated carbocycles. The van der Waals surface area contributed by atoms with E-state index in [2.05, 4.69) is 21.2 Å². The summed E-state index contributed by atoms with van der Waals surface area (Å²) in [5.74, 6) is -0.703. The van der Waals surface area contributed by atoms with Crippen molar-refractivity contribution < 1.29 is 14.8 Å². The summed E-state index contributed by atoms with van der Waals surface area (Å²) in [5, 5.41) is 22.7. The van der Waals surface area contributed by atoms with Gasteiger partial charge in [0.05, 0.1) is 16.6 Å². The van der Waals surface area contributed by atoms with E-state index in [0.717, 1.165) is 14.1 Å². The zero-order valence-corrected chi connectivity index (χ0v) is 14.1. The van der Waals surface area contributed by atoms with Crippen LogP contribution in [0.3, 0.4) is 0 Å². The number of rotatable bonds is 3. The summed E-state index contributed by atoms with van der Waals surface area (Å²) in [6, 6.07) is 8.72. The predicted molar refractivity (Wildman–Crippen MR) is 89.6 cm³/mol. The second-order valence-corrected chi connectivity index (χ2v) is 6.11. The van der Waals surface area contributed by atoms with Gasteiger partial charge in [-0.15, -0.1) is 0 Å². The quantitative estimate of drug-likeness (QED) is 0.313. The molecule has 0 radical (unpaired) electrons. The first-order chi connectivity index (χ1) is 9.88. The number of nitrogens with zero attached hydrogens (tertiary/aromatic N) is 1. The number of hydrogen-bond acceptors (Lipinski definition) is 4. The van der Waals surface area contributed by atoms with Gasteiger partial charge in [-0.2, -0.15) is 0 Å². The van der Waals surface area contributed by atoms with Crippen LogP contribution in [-0.4, -0.2) is 15.9 Å². The number of aromatic hydroxyl groups is 1. The first-order valence-corrected chi connectivity index (χ1v) is 7.49. The lowest BCUT2D eigenvalue weighted by Gasteiger charge is -2.08. The first-order valence-electron chi connectivity index (χ1n) is 5.62. The highest BCUT2D eigenvalue weighted by molar-refractivity contribution is 14.1. The summed E-state index contributed by atoms with van der Waals surface area (Å²) in [7, 11) is 0. The number of hydrogen-bond donors (Lipinski definition) is 2. The standard InChI is InChI=1S/C13H8BrIN2O4/c14-7-1-3-10(15)9(5-7)13(19)16-11-4-2-8(18)6-12(11)17(20)21/h1-6,18H,(H,16,19). The number of anilines is 1. The van der Waals surface area contributed by atoms with E-state index >= 15 is 0 Å². The van der Waals surface area contributed by atoms with Gasteiger partial charge < -0.3 is 10.4 Å². The molecule has 0 fully saturated rings. The lowest BCUT2D eigenvalue weighted by atomic mass is 10.2. The van der Waals surface area contributed by atoms with Crippen molar-refractivity contribution in [1.82, 2.24) is 0 Å². The van der Waals surface area contributed by atoms with Crippen LogP contribution in [0.4, 0.5) is 11.4 Å². The molecule has 0 aliphatic carbocycles. The largest absolute Gasteiger partial charge is 0.508 e. The van der Waals surface area contributed by atoms with Gasteiger partial charge in [-0.1, -0.05) is 15.9 Å². The molecule has 2 aromatic rings. The van der Waals surface area contributed by atoms with Gasteiger partial charge >= 0.3 is 0 Å². The summed E-state index contributed by atoms with van der Waals surface area (Å²) >= 11 is 5.28. The molecule has 0 spiro atoms. The van der Waals surface area contributed by atoms with Gasteiger partial charge in [0.1, 0.15) is 11.4 Å². The van der Waals surface area contributed by atoms with Crippen molar-refractivity contribution in [3.8, 4) is 5.75 Å². The van der Waals surface area contributed by atoms with Gasteiger partial charge in [-0.3, -0.25) is 14.9 Å². The zero-order valence-electron chi connectivity index (χ0n) is 10.3. The lowest BCUT2D eigenvalue weighted by molar-refractivity contribution is -0.384. The Balaban J connectivity index is 2.36. The summed E-state index contributed by atoms with van der Waals surface area (Å²) < 4.78 is 1.45. The van der Waals surface area contributed by atoms with Crippen molar-refractivity contribution in [2.75, 3.05) is 5.32 Å². The molecule has 108 valence electrons. The lowest BCUT2D eigenvalue weighted by Crippen LogP contribution is -2.14. The maximum Gasteiger partial charge on any atom is 0.296 e. The van der Waals surface area contributed by atoms with E-state index in [1.165, 1.54) is 12.1 Å². The third kappa shape index (κ3) is 3.70. The fourth-order valence-electron chi connectivity index (χ4n) is 1.64. The van der Waals surface area contributed by atoms with Crippen LogP contribution in [0.2, 0.25) is 0 Å². The molecule has 0 saturated heterocycles. The van der Waals surface area contributed by atoms with E-state index in [1.54, 1.807) is 18.2 Å². The van der Waals surface area contributed by atoms with Crippen molar-refractivity contribution in [1.29, 1.82) is 0 Å². The molecule has 0 unspecified atom stereocenters. The molecule has 0 atom stereocenters. The van der Waals surface area contributed by atoms with Gasteiger partial charge in [0, 0.05) is 8.04 Å². The Morgan fingerprint density at radius 1 is 1.29 bits per heavy atom. The number of carbonyl (C=O) groups excluding carboxylic acids is 1. The molecule has 0 aromatic heterocycles. The molecule has 0 aliphatic heterocycles. The number of nitro benzene ring substituents is 1. The predicted octanol–water partition coefficient (Wildman–Crippen LogP) is 3.92. The molecule has 21 heavy (non-hydrogen) atoms. The SMILES string of the molecule is O=C(Nc1ccc(O)cc1[N+](=O)[O-])c1cc(Br)ccc1I. The van der Waals surface area contributed by atoms with E-state index in [-0.39, 0.29) is 17.1 Å². The Labute approximate surface area is 141 Å². The highest BCUT2D eigenvalue weighted by Crippen LogP contribution is 2.29. The fraction of sp³-hybridized carbons (Fsp3) is 0. The normalized spacial score (nSPS) is 10.2. The van der Waals surface area contributed by atoms with Crippen molar-refractivity contribution in [3.63, 3.8) is 0 Å². The molecule has 2 rings (SSSR count). The number of nitrogens with one attached hydrogen (secondary N) is 1. The number of carbonyl (C=O) groups is 1. The first kappa shape index (κ1) is 15.7. The Bertz CT molecular complexity index is 736. The van der Waals surface area contributed by atoms with Crippen LogP contribution in [-0.2, 0) is 0 Å². The average molecular weight is 463 g/mol. The maximum absolute atomic E-state index is 12.2. The number of amides is 1. The summed E-state index contributed by atoms with van der Waals surface area (Å²) in [6.45, 7) is 0. The topological polar surface area (TPSA) is 92.5 Å². The fourth-order valence-corrected chi connectivity index (χ4v) is 2.58. The van der Waals surface area contributed by atoms with Crippen molar-refractivity contribution in [2.45, 2.75) is 0 Å². The maximum atomic E-state index is 12.2. The number of benzene rings is 2. The van der Waals surface area contributed by atoms with Crippen LogP contribution in [0.1, 0.15) is 10.4 Å². The van der Waals surface area contributed by atoms with E-state index < -0.39 is 10.8 Å². The second kappa shape index (κ2) is 6.39. The minimum Gasteiger partial charge on any atom is -0.508 e. The Morgan fingerprint density at radius 2 is 2.00 bits per heavy atom. The molecule has 2 aromatic carbocycles. The van der Waals surface area contributed by atoms with Crippen LogP contribution >= 0.6 is 38.5 Å². The van der Waals surface area contributed by atoms with E-state index in [9.17, 15) is 20.0 Å². The van der Waals surface area contributed by atoms with Crippen LogP contribution < -0.4 is 5.32 Å². The molecule has 2 N–H and O–H groups in total. The Morgan fingerprint density at radius 3 is 2.67 bits per heavy atom. The van der Waals surface area contributed by atoms with Gasteiger partial charge in [0.2, 0.25) is 0 Å². The molecular formula is C13H8BrIN2O4. The van der Waals surface area contributed by atoms with Crippen LogP contribution in [0, 0.1) is 13.7 Å².